The Morgan fingerprint density at radius 2 is 1.43 bits per heavy atom. The van der Waals surface area contributed by atoms with Crippen molar-refractivity contribution in [3.8, 4) is 17.1 Å². The molecule has 0 fully saturated rings. The molecule has 0 spiro atoms. The van der Waals surface area contributed by atoms with E-state index in [9.17, 15) is 34.6 Å². The number of nitrogens with zero attached hydrogens (tertiary/aromatic N) is 6. The summed E-state index contributed by atoms with van der Waals surface area (Å²) < 4.78 is 32.9. The van der Waals surface area contributed by atoms with Gasteiger partial charge >= 0.3 is 18.3 Å². The predicted molar refractivity (Wildman–Crippen MR) is 208 cm³/mol. The Hall–Kier alpha value is -7.43. The number of unbranched alkanes of at least 4 members (excludes halogenated alkanes) is 1. The molecule has 0 saturated heterocycles. The third-order valence-corrected chi connectivity index (χ3v) is 8.09. The van der Waals surface area contributed by atoms with Gasteiger partial charge in [0.05, 0.1) is 56.2 Å². The molecule has 4 rings (SSSR count). The molecule has 23 heteroatoms. The van der Waals surface area contributed by atoms with Gasteiger partial charge in [0.2, 0.25) is 12.5 Å². The third-order valence-electron chi connectivity index (χ3n) is 8.09. The first-order valence-corrected chi connectivity index (χ1v) is 18.4. The lowest BCUT2D eigenvalue weighted by Gasteiger charge is -2.21. The predicted octanol–water partition coefficient (Wildman–Crippen LogP) is 4.69. The third kappa shape index (κ3) is 13.6. The van der Waals surface area contributed by atoms with E-state index < -0.39 is 41.0 Å². The average molecular weight is 841 g/mol. The van der Waals surface area contributed by atoms with Crippen LogP contribution in [-0.2, 0) is 39.9 Å². The number of esters is 1. The molecule has 1 heterocycles. The van der Waals surface area contributed by atoms with E-state index in [4.69, 9.17) is 40.0 Å². The highest BCUT2D eigenvalue weighted by Crippen LogP contribution is 2.29. The van der Waals surface area contributed by atoms with E-state index in [1.165, 1.54) is 19.9 Å². The maximum Gasteiger partial charge on any atom is 0.511 e. The van der Waals surface area contributed by atoms with Crippen molar-refractivity contribution in [2.75, 3.05) is 33.0 Å². The monoisotopic (exact) mass is 840 g/mol. The molecule has 322 valence electrons. The number of aromatic nitrogens is 2. The average Bonchev–Trinajstić information content (AvgIpc) is 3.55. The number of carbonyl (C=O) groups excluding carboxylic acids is 3. The Kier molecular flexibility index (Phi) is 17.0. The fourth-order valence-electron chi connectivity index (χ4n) is 5.39. The molecule has 4 N–H and O–H groups in total. The number of carbonyl (C=O) groups is 3. The molecule has 23 nitrogen and oxygen atoms in total. The highest BCUT2D eigenvalue weighted by Gasteiger charge is 2.24. The number of hydrogen-bond donors (Lipinski definition) is 2. The Balaban J connectivity index is 1.44. The Morgan fingerprint density at radius 1 is 0.817 bits per heavy atom. The fourth-order valence-corrected chi connectivity index (χ4v) is 5.39. The summed E-state index contributed by atoms with van der Waals surface area (Å²) in [5, 5.41) is 23.6. The maximum absolute atomic E-state index is 13.4. The number of fused-ring (bicyclic) bond motifs is 1. The van der Waals surface area contributed by atoms with E-state index in [0.717, 1.165) is 16.2 Å². The standard InChI is InChI=1S/C37H44N8O15/c1-4-53-35-40-31-14-9-13-30(34(46)59-25(3)60-37(48)55-20-10-22-57-45(51)52)32(31)42(35)23-26-15-17-27(18-16-26)28-11-5-6-12-29(28)33(38)41-43(39)24(2)58-36(47)54-19-7-8-21-56-44(49)50/h5-6,9,11-18,24-25H,4,7-8,10,19-23,39H2,1-3H3,(H2,38,41). The van der Waals surface area contributed by atoms with Crippen molar-refractivity contribution in [1.82, 2.24) is 14.7 Å². The molecule has 4 aromatic rings. The van der Waals surface area contributed by atoms with Crippen molar-refractivity contribution in [2.24, 2.45) is 16.7 Å². The van der Waals surface area contributed by atoms with Gasteiger partial charge in [-0.25, -0.2) is 20.2 Å². The Labute approximate surface area is 341 Å². The van der Waals surface area contributed by atoms with Crippen LogP contribution < -0.4 is 16.3 Å². The molecular formula is C37H44N8O15. The molecule has 3 aromatic carbocycles. The molecule has 1 aromatic heterocycles. The molecule has 0 amide bonds. The molecule has 0 aliphatic carbocycles. The lowest BCUT2D eigenvalue weighted by atomic mass is 9.98. The number of imidazole rings is 1. The van der Waals surface area contributed by atoms with Crippen LogP contribution in [0.4, 0.5) is 9.59 Å². The van der Waals surface area contributed by atoms with Crippen LogP contribution in [0.5, 0.6) is 6.01 Å². The number of amidine groups is 1. The molecule has 2 atom stereocenters. The van der Waals surface area contributed by atoms with Crippen LogP contribution in [-0.4, -0.2) is 94.5 Å². The first-order chi connectivity index (χ1) is 28.8. The van der Waals surface area contributed by atoms with Crippen LogP contribution in [0.3, 0.4) is 0 Å². The van der Waals surface area contributed by atoms with Crippen molar-refractivity contribution < 1.29 is 62.7 Å². The summed E-state index contributed by atoms with van der Waals surface area (Å²) in [5.41, 5.74) is 10.2. The van der Waals surface area contributed by atoms with E-state index in [1.807, 2.05) is 36.4 Å². The van der Waals surface area contributed by atoms with Crippen molar-refractivity contribution >= 4 is 35.1 Å². The van der Waals surface area contributed by atoms with Gasteiger partial charge in [-0.3, -0.25) is 4.57 Å². The van der Waals surface area contributed by atoms with Gasteiger partial charge in [-0.1, -0.05) is 54.6 Å². The van der Waals surface area contributed by atoms with E-state index >= 15 is 0 Å². The second-order valence-corrected chi connectivity index (χ2v) is 12.4. The lowest BCUT2D eigenvalue weighted by molar-refractivity contribution is -0.757. The first-order valence-electron chi connectivity index (χ1n) is 18.4. The number of hydrogen-bond acceptors (Lipinski definition) is 19. The topological polar surface area (TPSA) is 297 Å². The summed E-state index contributed by atoms with van der Waals surface area (Å²) >= 11 is 0. The summed E-state index contributed by atoms with van der Waals surface area (Å²) in [6.45, 7) is 4.42. The summed E-state index contributed by atoms with van der Waals surface area (Å²) in [4.78, 5) is 70.9. The van der Waals surface area contributed by atoms with Gasteiger partial charge in [-0.05, 0) is 55.5 Å². The van der Waals surface area contributed by atoms with E-state index in [1.54, 1.807) is 35.8 Å². The van der Waals surface area contributed by atoms with Crippen molar-refractivity contribution in [3.05, 3.63) is 104 Å². The summed E-state index contributed by atoms with van der Waals surface area (Å²) in [6.07, 6.45) is -3.93. The highest BCUT2D eigenvalue weighted by atomic mass is 17.0. The van der Waals surface area contributed by atoms with Gasteiger partial charge < -0.3 is 43.8 Å². The molecule has 0 bridgehead atoms. The molecule has 0 radical (unpaired) electrons. The second-order valence-electron chi connectivity index (χ2n) is 12.4. The smallest absolute Gasteiger partial charge is 0.465 e. The van der Waals surface area contributed by atoms with Crippen molar-refractivity contribution in [2.45, 2.75) is 59.1 Å². The minimum atomic E-state index is -1.35. The number of hydrazone groups is 1. The van der Waals surface area contributed by atoms with Crippen LogP contribution in [0.25, 0.3) is 22.2 Å². The number of benzene rings is 3. The first kappa shape index (κ1) is 45.3. The normalized spacial score (nSPS) is 12.1. The van der Waals surface area contributed by atoms with Gasteiger partial charge in [0.1, 0.15) is 0 Å². The van der Waals surface area contributed by atoms with Crippen LogP contribution in [0.1, 0.15) is 61.5 Å². The van der Waals surface area contributed by atoms with Crippen LogP contribution >= 0.6 is 0 Å². The number of rotatable bonds is 23. The van der Waals surface area contributed by atoms with Gasteiger partial charge in [-0.15, -0.1) is 25.3 Å². The Bertz CT molecular complexity index is 2130. The zero-order valence-electron chi connectivity index (χ0n) is 32.8. The SMILES string of the molecule is CCOc1nc2cccc(C(=O)OC(C)OC(=O)OCCCO[N+](=O)[O-])c2n1Cc1ccc(-c2ccccc2/C(N)=N/N(N)C(C)OC(=O)OCCCCO[N+](=O)[O-])cc1. The summed E-state index contributed by atoms with van der Waals surface area (Å²) in [6, 6.07) is 19.8. The fraction of sp³-hybridized carbons (Fsp3) is 0.378. The van der Waals surface area contributed by atoms with Gasteiger partial charge in [0, 0.05) is 18.9 Å². The largest absolute Gasteiger partial charge is 0.511 e. The second kappa shape index (κ2) is 22.5. The molecular weight excluding hydrogens is 796 g/mol. The summed E-state index contributed by atoms with van der Waals surface area (Å²) in [7, 11) is 0. The number of nitrogens with two attached hydrogens (primary N) is 2. The number of para-hydroxylation sites is 1. The zero-order valence-corrected chi connectivity index (χ0v) is 32.8. The maximum atomic E-state index is 13.4. The molecule has 0 aliphatic heterocycles. The molecule has 2 unspecified atom stereocenters. The summed E-state index contributed by atoms with van der Waals surface area (Å²) in [5.74, 6) is 5.24. The number of hydrazine groups is 1. The van der Waals surface area contributed by atoms with E-state index in [0.29, 0.717) is 35.0 Å². The van der Waals surface area contributed by atoms with Gasteiger partial charge in [-0.2, -0.15) is 10.1 Å². The highest BCUT2D eigenvalue weighted by molar-refractivity contribution is 6.03. The van der Waals surface area contributed by atoms with Crippen LogP contribution in [0.2, 0.25) is 0 Å². The number of ether oxygens (including phenoxy) is 6. The molecule has 0 aliphatic rings. The molecule has 0 saturated carbocycles. The molecule has 60 heavy (non-hydrogen) atoms. The van der Waals surface area contributed by atoms with Crippen LogP contribution in [0.15, 0.2) is 71.8 Å². The van der Waals surface area contributed by atoms with Crippen molar-refractivity contribution in [3.63, 3.8) is 0 Å². The Morgan fingerprint density at radius 3 is 2.12 bits per heavy atom. The van der Waals surface area contributed by atoms with Crippen LogP contribution in [0, 0.1) is 20.2 Å². The minimum Gasteiger partial charge on any atom is -0.465 e. The van der Waals surface area contributed by atoms with Gasteiger partial charge in [0.15, 0.2) is 5.84 Å². The van der Waals surface area contributed by atoms with Gasteiger partial charge in [0.25, 0.3) is 16.2 Å². The van der Waals surface area contributed by atoms with Crippen molar-refractivity contribution in [1.29, 1.82) is 0 Å². The zero-order chi connectivity index (χ0) is 43.6. The van der Waals surface area contributed by atoms with E-state index in [2.05, 4.69) is 19.8 Å². The quantitative estimate of drug-likeness (QED) is 0.0118. The lowest BCUT2D eigenvalue weighted by Crippen LogP contribution is -2.40. The minimum absolute atomic E-state index is 0.0225. The van der Waals surface area contributed by atoms with E-state index in [-0.39, 0.29) is 63.4 Å².